The van der Waals surface area contributed by atoms with Gasteiger partial charge in [0.1, 0.15) is 5.01 Å². The predicted molar refractivity (Wildman–Crippen MR) is 99.5 cm³/mol. The van der Waals surface area contributed by atoms with Gasteiger partial charge in [-0.3, -0.25) is 0 Å². The third-order valence-electron chi connectivity index (χ3n) is 3.55. The van der Waals surface area contributed by atoms with Gasteiger partial charge in [0.2, 0.25) is 0 Å². The number of hydrogen-bond acceptors (Lipinski definition) is 3. The molecule has 2 N–H and O–H groups in total. The average molecular weight is 337 g/mol. The van der Waals surface area contributed by atoms with Crippen molar-refractivity contribution in [2.24, 2.45) is 0 Å². The second kappa shape index (κ2) is 7.75. The number of nitrogens with one attached hydrogen (secondary N) is 2. The van der Waals surface area contributed by atoms with Crippen molar-refractivity contribution in [3.05, 3.63) is 71.2 Å². The summed E-state index contributed by atoms with van der Waals surface area (Å²) in [5.41, 5.74) is 4.06. The van der Waals surface area contributed by atoms with Crippen LogP contribution < -0.4 is 10.6 Å². The Morgan fingerprint density at radius 2 is 1.83 bits per heavy atom. The molecule has 2 aromatic carbocycles. The van der Waals surface area contributed by atoms with E-state index >= 15 is 0 Å². The number of carbonyl (C=O) groups excluding carboxylic acids is 1. The van der Waals surface area contributed by atoms with E-state index in [1.54, 1.807) is 11.3 Å². The fourth-order valence-electron chi connectivity index (χ4n) is 2.32. The topological polar surface area (TPSA) is 54.0 Å². The zero-order valence-corrected chi connectivity index (χ0v) is 14.3. The minimum Gasteiger partial charge on any atom is -0.338 e. The SMILES string of the molecule is Cc1csc(-c2ccc(NC(=O)NCCc3ccccc3)cc2)n1. The molecule has 1 heterocycles. The standard InChI is InChI=1S/C19H19N3OS/c1-14-13-24-18(21-14)16-7-9-17(10-8-16)22-19(23)20-12-11-15-5-3-2-4-6-15/h2-10,13H,11-12H2,1H3,(H2,20,22,23). The molecule has 0 spiro atoms. The fourth-order valence-corrected chi connectivity index (χ4v) is 3.13. The highest BCUT2D eigenvalue weighted by molar-refractivity contribution is 7.13. The molecule has 0 atom stereocenters. The third-order valence-corrected chi connectivity index (χ3v) is 4.56. The Kier molecular flexibility index (Phi) is 5.23. The summed E-state index contributed by atoms with van der Waals surface area (Å²) in [4.78, 5) is 16.4. The van der Waals surface area contributed by atoms with Crippen molar-refractivity contribution in [1.82, 2.24) is 10.3 Å². The van der Waals surface area contributed by atoms with Crippen LogP contribution >= 0.6 is 11.3 Å². The van der Waals surface area contributed by atoms with Gasteiger partial charge in [0, 0.05) is 28.9 Å². The van der Waals surface area contributed by atoms with Crippen molar-refractivity contribution in [2.75, 3.05) is 11.9 Å². The second-order valence-electron chi connectivity index (χ2n) is 5.49. The molecule has 0 aliphatic heterocycles. The Morgan fingerprint density at radius 3 is 2.50 bits per heavy atom. The summed E-state index contributed by atoms with van der Waals surface area (Å²) in [6.07, 6.45) is 0.816. The highest BCUT2D eigenvalue weighted by Crippen LogP contribution is 2.24. The van der Waals surface area contributed by atoms with Crippen molar-refractivity contribution in [3.8, 4) is 10.6 Å². The number of urea groups is 1. The highest BCUT2D eigenvalue weighted by Gasteiger charge is 2.04. The van der Waals surface area contributed by atoms with Gasteiger partial charge in [0.15, 0.2) is 0 Å². The third kappa shape index (κ3) is 4.43. The van der Waals surface area contributed by atoms with Gasteiger partial charge < -0.3 is 10.6 Å². The first-order valence-corrected chi connectivity index (χ1v) is 8.70. The maximum absolute atomic E-state index is 11.9. The van der Waals surface area contributed by atoms with Gasteiger partial charge in [0.05, 0.1) is 0 Å². The Balaban J connectivity index is 1.49. The summed E-state index contributed by atoms with van der Waals surface area (Å²) in [5, 5.41) is 8.74. The number of nitrogens with zero attached hydrogens (tertiary/aromatic N) is 1. The highest BCUT2D eigenvalue weighted by atomic mass is 32.1. The minimum absolute atomic E-state index is 0.191. The van der Waals surface area contributed by atoms with E-state index in [9.17, 15) is 4.79 Å². The molecular weight excluding hydrogens is 318 g/mol. The quantitative estimate of drug-likeness (QED) is 0.721. The van der Waals surface area contributed by atoms with E-state index in [1.165, 1.54) is 5.56 Å². The number of rotatable bonds is 5. The zero-order valence-electron chi connectivity index (χ0n) is 13.5. The maximum Gasteiger partial charge on any atom is 0.319 e. The number of hydrogen-bond donors (Lipinski definition) is 2. The van der Waals surface area contributed by atoms with Crippen LogP contribution in [0, 0.1) is 6.92 Å². The summed E-state index contributed by atoms with van der Waals surface area (Å²) in [6.45, 7) is 2.59. The molecule has 0 saturated heterocycles. The average Bonchev–Trinajstić information content (AvgIpc) is 3.03. The largest absolute Gasteiger partial charge is 0.338 e. The minimum atomic E-state index is -0.191. The van der Waals surface area contributed by atoms with Crippen molar-refractivity contribution < 1.29 is 4.79 Å². The van der Waals surface area contributed by atoms with E-state index in [0.717, 1.165) is 28.4 Å². The predicted octanol–water partition coefficient (Wildman–Crippen LogP) is 4.48. The molecule has 0 saturated carbocycles. The van der Waals surface area contributed by atoms with Crippen LogP contribution in [0.5, 0.6) is 0 Å². The van der Waals surface area contributed by atoms with Crippen molar-refractivity contribution in [2.45, 2.75) is 13.3 Å². The van der Waals surface area contributed by atoms with Crippen LogP contribution in [0.15, 0.2) is 60.0 Å². The summed E-state index contributed by atoms with van der Waals surface area (Å²) in [5.74, 6) is 0. The second-order valence-corrected chi connectivity index (χ2v) is 6.35. The lowest BCUT2D eigenvalue weighted by atomic mass is 10.1. The molecule has 0 fully saturated rings. The van der Waals surface area contributed by atoms with Crippen molar-refractivity contribution in [1.29, 1.82) is 0 Å². The number of aryl methyl sites for hydroxylation is 1. The molecule has 0 unspecified atom stereocenters. The monoisotopic (exact) mass is 337 g/mol. The molecule has 0 aliphatic rings. The number of anilines is 1. The van der Waals surface area contributed by atoms with E-state index < -0.39 is 0 Å². The zero-order chi connectivity index (χ0) is 16.8. The number of carbonyl (C=O) groups is 1. The summed E-state index contributed by atoms with van der Waals surface area (Å²) in [6, 6.07) is 17.6. The molecule has 0 aliphatic carbocycles. The molecule has 122 valence electrons. The van der Waals surface area contributed by atoms with Gasteiger partial charge in [-0.2, -0.15) is 0 Å². The molecule has 1 aromatic heterocycles. The van der Waals surface area contributed by atoms with E-state index in [2.05, 4.69) is 27.8 Å². The lowest BCUT2D eigenvalue weighted by Crippen LogP contribution is -2.30. The van der Waals surface area contributed by atoms with Crippen LogP contribution in [0.1, 0.15) is 11.3 Å². The smallest absolute Gasteiger partial charge is 0.319 e. The first-order valence-electron chi connectivity index (χ1n) is 7.82. The molecule has 5 heteroatoms. The number of thiazole rings is 1. The Bertz CT molecular complexity index is 797. The molecular formula is C19H19N3OS. The van der Waals surface area contributed by atoms with Gasteiger partial charge in [-0.25, -0.2) is 9.78 Å². The van der Waals surface area contributed by atoms with E-state index in [1.807, 2.05) is 54.8 Å². The lowest BCUT2D eigenvalue weighted by molar-refractivity contribution is 0.252. The molecule has 4 nitrogen and oxygen atoms in total. The molecule has 0 bridgehead atoms. The summed E-state index contributed by atoms with van der Waals surface area (Å²) >= 11 is 1.62. The molecule has 3 rings (SSSR count). The van der Waals surface area contributed by atoms with Gasteiger partial charge in [-0.05, 0) is 43.2 Å². The normalized spacial score (nSPS) is 10.4. The first-order chi connectivity index (χ1) is 11.7. The van der Waals surface area contributed by atoms with Crippen LogP contribution in [0.3, 0.4) is 0 Å². The maximum atomic E-state index is 11.9. The fraction of sp³-hybridized carbons (Fsp3) is 0.158. The van der Waals surface area contributed by atoms with Crippen LogP contribution in [0.25, 0.3) is 10.6 Å². The van der Waals surface area contributed by atoms with Crippen LogP contribution in [-0.4, -0.2) is 17.6 Å². The first kappa shape index (κ1) is 16.2. The summed E-state index contributed by atoms with van der Waals surface area (Å²) < 4.78 is 0. The van der Waals surface area contributed by atoms with Gasteiger partial charge in [-0.15, -0.1) is 11.3 Å². The Morgan fingerprint density at radius 1 is 1.08 bits per heavy atom. The number of aromatic nitrogens is 1. The van der Waals surface area contributed by atoms with Gasteiger partial charge in [0.25, 0.3) is 0 Å². The summed E-state index contributed by atoms with van der Waals surface area (Å²) in [7, 11) is 0. The number of amides is 2. The Labute approximate surface area is 145 Å². The van der Waals surface area contributed by atoms with Crippen molar-refractivity contribution >= 4 is 23.1 Å². The lowest BCUT2D eigenvalue weighted by Gasteiger charge is -2.08. The van der Waals surface area contributed by atoms with Crippen molar-refractivity contribution in [3.63, 3.8) is 0 Å². The Hall–Kier alpha value is -2.66. The molecule has 2 amide bonds. The van der Waals surface area contributed by atoms with Crippen LogP contribution in [0.4, 0.5) is 10.5 Å². The number of benzene rings is 2. The van der Waals surface area contributed by atoms with Crippen LogP contribution in [-0.2, 0) is 6.42 Å². The van der Waals surface area contributed by atoms with Gasteiger partial charge >= 0.3 is 6.03 Å². The molecule has 3 aromatic rings. The van der Waals surface area contributed by atoms with E-state index in [4.69, 9.17) is 0 Å². The van der Waals surface area contributed by atoms with E-state index in [0.29, 0.717) is 6.54 Å². The van der Waals surface area contributed by atoms with Crippen LogP contribution in [0.2, 0.25) is 0 Å². The van der Waals surface area contributed by atoms with Gasteiger partial charge in [-0.1, -0.05) is 30.3 Å². The molecule has 24 heavy (non-hydrogen) atoms. The van der Waals surface area contributed by atoms with E-state index in [-0.39, 0.29) is 6.03 Å². The molecule has 0 radical (unpaired) electrons.